The lowest BCUT2D eigenvalue weighted by molar-refractivity contribution is 0.600. The van der Waals surface area contributed by atoms with Crippen LogP contribution in [-0.2, 0) is 16.4 Å². The minimum absolute atomic E-state index is 0.0150. The van der Waals surface area contributed by atoms with E-state index in [-0.39, 0.29) is 10.5 Å². The first kappa shape index (κ1) is 12.4. The first-order valence-corrected chi connectivity index (χ1v) is 6.75. The summed E-state index contributed by atoms with van der Waals surface area (Å²) in [6.45, 7) is 1.89. The Morgan fingerprint density at radius 3 is 2.78 bits per heavy atom. The molecule has 8 heteroatoms. The Balaban J connectivity index is 2.33. The van der Waals surface area contributed by atoms with Crippen LogP contribution in [0.3, 0.4) is 0 Å². The second kappa shape index (κ2) is 4.65. The fraction of sp³-hybridized carbons (Fsp3) is 0.200. The van der Waals surface area contributed by atoms with Gasteiger partial charge in [0.15, 0.2) is 0 Å². The van der Waals surface area contributed by atoms with Gasteiger partial charge in [-0.3, -0.25) is 14.6 Å². The van der Waals surface area contributed by atoms with Gasteiger partial charge in [-0.2, -0.15) is 5.10 Å². The number of pyridine rings is 1. The molecule has 0 atom stereocenters. The molecule has 0 spiro atoms. The van der Waals surface area contributed by atoms with Crippen LogP contribution >= 0.6 is 0 Å². The molecular formula is C10H12N4O3S. The van der Waals surface area contributed by atoms with Crippen molar-refractivity contribution in [2.24, 2.45) is 0 Å². The van der Waals surface area contributed by atoms with Crippen LogP contribution in [0.5, 0.6) is 0 Å². The fourth-order valence-corrected chi connectivity index (χ4v) is 2.45. The molecule has 2 heterocycles. The summed E-state index contributed by atoms with van der Waals surface area (Å²) in [5.74, 6) is 0.337. The number of aryl methyl sites for hydroxylation is 1. The monoisotopic (exact) mass is 268 g/mol. The van der Waals surface area contributed by atoms with Gasteiger partial charge in [0.2, 0.25) is 5.56 Å². The van der Waals surface area contributed by atoms with Crippen LogP contribution < -0.4 is 10.3 Å². The first-order valence-electron chi connectivity index (χ1n) is 5.26. The molecule has 0 saturated carbocycles. The number of aromatic nitrogens is 3. The molecule has 0 bridgehead atoms. The van der Waals surface area contributed by atoms with E-state index in [4.69, 9.17) is 0 Å². The van der Waals surface area contributed by atoms with Crippen molar-refractivity contribution in [3.05, 3.63) is 40.4 Å². The van der Waals surface area contributed by atoms with Crippen LogP contribution in [0.2, 0.25) is 0 Å². The predicted octanol–water partition coefficient (Wildman–Crippen LogP) is 0.461. The predicted molar refractivity (Wildman–Crippen MR) is 65.8 cm³/mol. The topological polar surface area (TPSA) is 108 Å². The average Bonchev–Trinajstić information content (AvgIpc) is 2.76. The molecule has 2 aromatic rings. The van der Waals surface area contributed by atoms with Gasteiger partial charge in [0.1, 0.15) is 10.7 Å². The van der Waals surface area contributed by atoms with Gasteiger partial charge in [-0.25, -0.2) is 8.42 Å². The number of nitrogens with zero attached hydrogens (tertiary/aromatic N) is 1. The lowest BCUT2D eigenvalue weighted by Gasteiger charge is -2.06. The molecule has 0 aliphatic carbocycles. The van der Waals surface area contributed by atoms with Gasteiger partial charge in [0, 0.05) is 17.8 Å². The summed E-state index contributed by atoms with van der Waals surface area (Å²) in [4.78, 5) is 13.2. The minimum Gasteiger partial charge on any atom is -0.328 e. The fourth-order valence-electron chi connectivity index (χ4n) is 1.42. The van der Waals surface area contributed by atoms with Gasteiger partial charge in [-0.15, -0.1) is 0 Å². The highest BCUT2D eigenvalue weighted by atomic mass is 32.2. The third-order valence-electron chi connectivity index (χ3n) is 2.40. The van der Waals surface area contributed by atoms with Crippen molar-refractivity contribution in [1.82, 2.24) is 15.2 Å². The molecule has 0 radical (unpaired) electrons. The van der Waals surface area contributed by atoms with E-state index in [1.165, 1.54) is 6.07 Å². The third kappa shape index (κ3) is 2.43. The zero-order valence-corrected chi connectivity index (χ0v) is 10.4. The van der Waals surface area contributed by atoms with Gasteiger partial charge < -0.3 is 4.98 Å². The minimum atomic E-state index is -3.72. The highest BCUT2D eigenvalue weighted by Crippen LogP contribution is 2.16. The highest BCUT2D eigenvalue weighted by Gasteiger charge is 2.16. The number of hydrogen-bond donors (Lipinski definition) is 3. The highest BCUT2D eigenvalue weighted by molar-refractivity contribution is 7.92. The van der Waals surface area contributed by atoms with Gasteiger partial charge in [-0.05, 0) is 12.5 Å². The number of H-pyrrole nitrogens is 2. The van der Waals surface area contributed by atoms with Crippen LogP contribution in [0.25, 0.3) is 0 Å². The maximum Gasteiger partial charge on any atom is 0.264 e. The van der Waals surface area contributed by atoms with E-state index in [2.05, 4.69) is 19.9 Å². The molecule has 3 N–H and O–H groups in total. The van der Waals surface area contributed by atoms with Crippen LogP contribution in [0.15, 0.2) is 34.2 Å². The summed E-state index contributed by atoms with van der Waals surface area (Å²) in [6.07, 6.45) is 3.36. The Morgan fingerprint density at radius 1 is 1.39 bits per heavy atom. The van der Waals surface area contributed by atoms with Crippen LogP contribution in [0.1, 0.15) is 12.5 Å². The number of nitrogens with one attached hydrogen (secondary N) is 3. The van der Waals surface area contributed by atoms with Crippen molar-refractivity contribution in [3.63, 3.8) is 0 Å². The van der Waals surface area contributed by atoms with Gasteiger partial charge in [-0.1, -0.05) is 6.92 Å². The van der Waals surface area contributed by atoms with Crippen molar-refractivity contribution in [2.45, 2.75) is 18.2 Å². The molecule has 2 rings (SSSR count). The van der Waals surface area contributed by atoms with E-state index in [1.807, 2.05) is 6.92 Å². The molecule has 2 aromatic heterocycles. The standard InChI is InChI=1S/C10H12N4O3S/c1-2-7-5-12-13-10(7)14-18(16,17)8-3-4-9(15)11-6-8/h3-6H,2H2,1H3,(H,11,15)(H2,12,13,14). The lowest BCUT2D eigenvalue weighted by atomic mass is 10.3. The zero-order chi connectivity index (χ0) is 13.2. The average molecular weight is 268 g/mol. The van der Waals surface area contributed by atoms with Gasteiger partial charge in [0.05, 0.1) is 6.20 Å². The van der Waals surface area contributed by atoms with E-state index in [0.717, 1.165) is 17.8 Å². The smallest absolute Gasteiger partial charge is 0.264 e. The summed E-state index contributed by atoms with van der Waals surface area (Å²) in [7, 11) is -3.72. The van der Waals surface area contributed by atoms with Crippen LogP contribution in [-0.4, -0.2) is 23.6 Å². The molecule has 18 heavy (non-hydrogen) atoms. The summed E-state index contributed by atoms with van der Waals surface area (Å²) >= 11 is 0. The molecule has 0 aliphatic heterocycles. The summed E-state index contributed by atoms with van der Waals surface area (Å²) in [5.41, 5.74) is 0.410. The lowest BCUT2D eigenvalue weighted by Crippen LogP contribution is -2.16. The van der Waals surface area contributed by atoms with E-state index in [9.17, 15) is 13.2 Å². The van der Waals surface area contributed by atoms with E-state index in [1.54, 1.807) is 6.20 Å². The van der Waals surface area contributed by atoms with Crippen molar-refractivity contribution < 1.29 is 8.42 Å². The summed E-state index contributed by atoms with van der Waals surface area (Å²) in [5, 5.41) is 6.36. The second-order valence-electron chi connectivity index (χ2n) is 3.62. The zero-order valence-electron chi connectivity index (χ0n) is 9.60. The Morgan fingerprint density at radius 2 is 2.17 bits per heavy atom. The maximum atomic E-state index is 12.0. The molecular weight excluding hydrogens is 256 g/mol. The van der Waals surface area contributed by atoms with E-state index >= 15 is 0 Å². The van der Waals surface area contributed by atoms with Crippen LogP contribution in [0.4, 0.5) is 5.82 Å². The number of rotatable bonds is 4. The van der Waals surface area contributed by atoms with Gasteiger partial charge >= 0.3 is 0 Å². The number of hydrogen-bond acceptors (Lipinski definition) is 4. The molecule has 96 valence electrons. The Kier molecular flexibility index (Phi) is 3.19. The quantitative estimate of drug-likeness (QED) is 0.748. The molecule has 0 aromatic carbocycles. The summed E-state index contributed by atoms with van der Waals surface area (Å²) in [6, 6.07) is 2.39. The molecule has 7 nitrogen and oxygen atoms in total. The first-order chi connectivity index (χ1) is 8.53. The third-order valence-corrected chi connectivity index (χ3v) is 3.75. The van der Waals surface area contributed by atoms with E-state index < -0.39 is 10.0 Å². The number of aromatic amines is 2. The van der Waals surface area contributed by atoms with Gasteiger partial charge in [0.25, 0.3) is 10.0 Å². The number of anilines is 1. The van der Waals surface area contributed by atoms with Crippen molar-refractivity contribution in [1.29, 1.82) is 0 Å². The van der Waals surface area contributed by atoms with Crippen molar-refractivity contribution in [2.75, 3.05) is 4.72 Å². The Hall–Kier alpha value is -2.09. The number of sulfonamides is 1. The molecule has 0 aliphatic rings. The second-order valence-corrected chi connectivity index (χ2v) is 5.30. The SMILES string of the molecule is CCc1cn[nH]c1NS(=O)(=O)c1ccc(=O)[nH]c1. The Bertz CT molecular complexity index is 681. The van der Waals surface area contributed by atoms with Crippen LogP contribution in [0, 0.1) is 0 Å². The van der Waals surface area contributed by atoms with Crippen molar-refractivity contribution >= 4 is 15.8 Å². The summed E-state index contributed by atoms with van der Waals surface area (Å²) < 4.78 is 26.4. The molecule has 0 fully saturated rings. The molecule has 0 unspecified atom stereocenters. The normalized spacial score (nSPS) is 11.4. The molecule has 0 saturated heterocycles. The van der Waals surface area contributed by atoms with Crippen molar-refractivity contribution in [3.8, 4) is 0 Å². The maximum absolute atomic E-state index is 12.0. The Labute approximate surface area is 103 Å². The molecule has 0 amide bonds. The largest absolute Gasteiger partial charge is 0.328 e. The van der Waals surface area contributed by atoms with E-state index in [0.29, 0.717) is 12.2 Å².